The van der Waals surface area contributed by atoms with Crippen LogP contribution in [0, 0.1) is 5.82 Å². The smallest absolute Gasteiger partial charge is 0.329 e. The predicted molar refractivity (Wildman–Crippen MR) is 97.4 cm³/mol. The zero-order valence-electron chi connectivity index (χ0n) is 14.3. The highest BCUT2D eigenvalue weighted by Crippen LogP contribution is 2.28. The van der Waals surface area contributed by atoms with Gasteiger partial charge in [0.05, 0.1) is 12.1 Å². The normalized spacial score (nSPS) is 16.7. The van der Waals surface area contributed by atoms with E-state index in [-0.39, 0.29) is 18.1 Å². The molecule has 5 nitrogen and oxygen atoms in total. The fourth-order valence-electron chi connectivity index (χ4n) is 3.34. The van der Waals surface area contributed by atoms with E-state index in [1.54, 1.807) is 17.5 Å². The van der Waals surface area contributed by atoms with Gasteiger partial charge in [-0.15, -0.1) is 11.3 Å². The van der Waals surface area contributed by atoms with E-state index in [0.717, 1.165) is 25.7 Å². The van der Waals surface area contributed by atoms with Crippen LogP contribution < -0.4 is 5.32 Å². The first-order valence-corrected chi connectivity index (χ1v) is 9.61. The molecule has 0 unspecified atom stereocenters. The Morgan fingerprint density at radius 3 is 2.62 bits per heavy atom. The van der Waals surface area contributed by atoms with Crippen LogP contribution in [0.3, 0.4) is 0 Å². The Morgan fingerprint density at radius 1 is 1.23 bits per heavy atom. The number of thiazole rings is 1. The standard InChI is InChI=1S/C19H21FN2O3S/c20-14-7-5-6-13(10-14)17-21-15(12-26-17)11-16(23)22-19(18(24)25)8-3-1-2-4-9-19/h5-7,10,12H,1-4,8-9,11H2,(H,22,23)(H,24,25). The van der Waals surface area contributed by atoms with Crippen LogP contribution in [0.25, 0.3) is 10.6 Å². The summed E-state index contributed by atoms with van der Waals surface area (Å²) in [5.41, 5.74) is 0.0444. The quantitative estimate of drug-likeness (QED) is 0.778. The molecule has 1 aromatic heterocycles. The highest BCUT2D eigenvalue weighted by atomic mass is 32.1. The van der Waals surface area contributed by atoms with Crippen molar-refractivity contribution in [2.75, 3.05) is 0 Å². The van der Waals surface area contributed by atoms with Gasteiger partial charge in [-0.25, -0.2) is 14.2 Å². The van der Waals surface area contributed by atoms with Crippen LogP contribution >= 0.6 is 11.3 Å². The molecule has 2 aromatic rings. The Hall–Kier alpha value is -2.28. The average Bonchev–Trinajstić information content (AvgIpc) is 2.92. The first-order valence-electron chi connectivity index (χ1n) is 8.73. The number of benzene rings is 1. The van der Waals surface area contributed by atoms with Crippen LogP contribution in [-0.4, -0.2) is 27.5 Å². The molecule has 0 spiro atoms. The number of rotatable bonds is 5. The second-order valence-electron chi connectivity index (χ2n) is 6.68. The molecule has 2 N–H and O–H groups in total. The van der Waals surface area contributed by atoms with Gasteiger partial charge in [-0.2, -0.15) is 0 Å². The summed E-state index contributed by atoms with van der Waals surface area (Å²) in [4.78, 5) is 28.6. The lowest BCUT2D eigenvalue weighted by molar-refractivity contribution is -0.148. The lowest BCUT2D eigenvalue weighted by Crippen LogP contribution is -2.54. The van der Waals surface area contributed by atoms with E-state index in [2.05, 4.69) is 10.3 Å². The lowest BCUT2D eigenvalue weighted by Gasteiger charge is -2.29. The molecule has 3 rings (SSSR count). The van der Waals surface area contributed by atoms with Crippen molar-refractivity contribution in [3.8, 4) is 10.6 Å². The number of carbonyl (C=O) groups is 2. The van der Waals surface area contributed by atoms with E-state index < -0.39 is 11.5 Å². The summed E-state index contributed by atoms with van der Waals surface area (Å²) in [5.74, 6) is -1.65. The van der Waals surface area contributed by atoms with Crippen LogP contribution in [0.4, 0.5) is 4.39 Å². The first kappa shape index (κ1) is 18.5. The molecule has 1 aliphatic carbocycles. The van der Waals surface area contributed by atoms with Crippen LogP contribution in [0.1, 0.15) is 44.2 Å². The Labute approximate surface area is 155 Å². The fraction of sp³-hybridized carbons (Fsp3) is 0.421. The van der Waals surface area contributed by atoms with Crippen molar-refractivity contribution >= 4 is 23.2 Å². The number of carboxylic acid groups (broad SMARTS) is 1. The van der Waals surface area contributed by atoms with Crippen molar-refractivity contribution in [1.29, 1.82) is 0 Å². The van der Waals surface area contributed by atoms with Gasteiger partial charge in [-0.3, -0.25) is 4.79 Å². The molecular weight excluding hydrogens is 355 g/mol. The van der Waals surface area contributed by atoms with Gasteiger partial charge in [-0.1, -0.05) is 37.8 Å². The zero-order chi connectivity index (χ0) is 18.6. The summed E-state index contributed by atoms with van der Waals surface area (Å²) in [6.07, 6.45) is 4.52. The molecule has 1 heterocycles. The molecule has 0 saturated heterocycles. The molecule has 0 aliphatic heterocycles. The summed E-state index contributed by atoms with van der Waals surface area (Å²) < 4.78 is 13.3. The lowest BCUT2D eigenvalue weighted by atomic mass is 9.90. The van der Waals surface area contributed by atoms with Gasteiger partial charge in [0.25, 0.3) is 0 Å². The second kappa shape index (κ2) is 7.95. The molecule has 1 aromatic carbocycles. The van der Waals surface area contributed by atoms with Crippen LogP contribution in [0.5, 0.6) is 0 Å². The number of aliphatic carboxylic acids is 1. The maximum atomic E-state index is 13.3. The van der Waals surface area contributed by atoms with Gasteiger partial charge < -0.3 is 10.4 Å². The highest BCUT2D eigenvalue weighted by molar-refractivity contribution is 7.13. The van der Waals surface area contributed by atoms with Gasteiger partial charge in [0.15, 0.2) is 0 Å². The van der Waals surface area contributed by atoms with Crippen molar-refractivity contribution in [2.24, 2.45) is 0 Å². The topological polar surface area (TPSA) is 79.3 Å². The third-order valence-corrected chi connectivity index (χ3v) is 5.65. The third kappa shape index (κ3) is 4.27. The van der Waals surface area contributed by atoms with E-state index >= 15 is 0 Å². The van der Waals surface area contributed by atoms with Crippen molar-refractivity contribution in [3.63, 3.8) is 0 Å². The molecule has 0 radical (unpaired) electrons. The summed E-state index contributed by atoms with van der Waals surface area (Å²) in [6, 6.07) is 6.13. The molecular formula is C19H21FN2O3S. The van der Waals surface area contributed by atoms with Crippen LogP contribution in [0.15, 0.2) is 29.6 Å². The van der Waals surface area contributed by atoms with Gasteiger partial charge in [-0.05, 0) is 25.0 Å². The Bertz CT molecular complexity index is 798. The molecule has 1 saturated carbocycles. The van der Waals surface area contributed by atoms with E-state index in [1.165, 1.54) is 23.5 Å². The number of hydrogen-bond acceptors (Lipinski definition) is 4. The molecule has 1 amide bonds. The summed E-state index contributed by atoms with van der Waals surface area (Å²) >= 11 is 1.33. The Morgan fingerprint density at radius 2 is 1.96 bits per heavy atom. The van der Waals surface area contributed by atoms with Gasteiger partial charge in [0, 0.05) is 10.9 Å². The number of amides is 1. The maximum absolute atomic E-state index is 13.3. The fourth-order valence-corrected chi connectivity index (χ4v) is 4.16. The number of hydrogen-bond donors (Lipinski definition) is 2. The molecule has 0 bridgehead atoms. The maximum Gasteiger partial charge on any atom is 0.329 e. The molecule has 7 heteroatoms. The molecule has 1 aliphatic rings. The van der Waals surface area contributed by atoms with Gasteiger partial charge in [0.2, 0.25) is 5.91 Å². The predicted octanol–water partition coefficient (Wildman–Crippen LogP) is 3.79. The van der Waals surface area contributed by atoms with Gasteiger partial charge in [0.1, 0.15) is 16.4 Å². The SMILES string of the molecule is O=C(Cc1csc(-c2cccc(F)c2)n1)NC1(C(=O)O)CCCCCC1. The number of aromatic nitrogens is 1. The monoisotopic (exact) mass is 376 g/mol. The van der Waals surface area contributed by atoms with E-state index in [1.807, 2.05) is 0 Å². The van der Waals surface area contributed by atoms with E-state index in [4.69, 9.17) is 0 Å². The minimum atomic E-state index is -1.17. The van der Waals surface area contributed by atoms with Crippen molar-refractivity contribution in [1.82, 2.24) is 10.3 Å². The highest BCUT2D eigenvalue weighted by Gasteiger charge is 2.40. The minimum absolute atomic E-state index is 0.0147. The Kier molecular flexibility index (Phi) is 5.66. The average molecular weight is 376 g/mol. The molecule has 0 atom stereocenters. The van der Waals surface area contributed by atoms with E-state index in [9.17, 15) is 19.1 Å². The Balaban J connectivity index is 1.69. The summed E-state index contributed by atoms with van der Waals surface area (Å²) in [5, 5.41) is 14.8. The third-order valence-electron chi connectivity index (χ3n) is 4.71. The van der Waals surface area contributed by atoms with Crippen LogP contribution in [-0.2, 0) is 16.0 Å². The molecule has 1 fully saturated rings. The number of nitrogens with one attached hydrogen (secondary N) is 1. The van der Waals surface area contributed by atoms with Gasteiger partial charge >= 0.3 is 5.97 Å². The largest absolute Gasteiger partial charge is 0.480 e. The molecule has 26 heavy (non-hydrogen) atoms. The zero-order valence-corrected chi connectivity index (χ0v) is 15.2. The molecule has 138 valence electrons. The number of nitrogens with zero attached hydrogens (tertiary/aromatic N) is 1. The number of carboxylic acids is 1. The van der Waals surface area contributed by atoms with Crippen LogP contribution in [0.2, 0.25) is 0 Å². The second-order valence-corrected chi connectivity index (χ2v) is 7.54. The number of carbonyl (C=O) groups excluding carboxylic acids is 1. The first-order chi connectivity index (χ1) is 12.5. The van der Waals surface area contributed by atoms with Crippen molar-refractivity contribution in [2.45, 2.75) is 50.5 Å². The van der Waals surface area contributed by atoms with Crippen molar-refractivity contribution in [3.05, 3.63) is 41.2 Å². The summed E-state index contributed by atoms with van der Waals surface area (Å²) in [6.45, 7) is 0. The number of halogens is 1. The summed E-state index contributed by atoms with van der Waals surface area (Å²) in [7, 11) is 0. The minimum Gasteiger partial charge on any atom is -0.480 e. The van der Waals surface area contributed by atoms with Crippen molar-refractivity contribution < 1.29 is 19.1 Å². The van der Waals surface area contributed by atoms with E-state index in [0.29, 0.717) is 29.1 Å².